The van der Waals surface area contributed by atoms with Crippen LogP contribution in [0.5, 0.6) is 0 Å². The molecule has 0 aliphatic carbocycles. The van der Waals surface area contributed by atoms with E-state index in [1.807, 2.05) is 6.92 Å². The molecule has 1 aliphatic heterocycles. The molecule has 1 atom stereocenters. The molecule has 0 spiro atoms. The molecule has 1 fully saturated rings. The predicted molar refractivity (Wildman–Crippen MR) is 68.7 cm³/mol. The van der Waals surface area contributed by atoms with E-state index >= 15 is 0 Å². The fourth-order valence-electron chi connectivity index (χ4n) is 2.07. The molecular weight excluding hydrogens is 250 g/mol. The lowest BCUT2D eigenvalue weighted by Gasteiger charge is -2.19. The normalized spacial score (nSPS) is 19.1. The minimum absolute atomic E-state index is 0.0574. The summed E-state index contributed by atoms with van der Waals surface area (Å²) in [6, 6.07) is -1.14. The van der Waals surface area contributed by atoms with Crippen LogP contribution in [0.4, 0.5) is 4.79 Å². The van der Waals surface area contributed by atoms with E-state index < -0.39 is 23.9 Å². The average molecular weight is 271 g/mol. The number of likely N-dealkylation sites (tertiary alicyclic amines) is 1. The van der Waals surface area contributed by atoms with E-state index in [2.05, 4.69) is 10.6 Å². The number of amides is 3. The maximum absolute atomic E-state index is 11.6. The summed E-state index contributed by atoms with van der Waals surface area (Å²) in [5, 5.41) is 13.7. The number of carbonyl (C=O) groups excluding carboxylic acids is 2. The van der Waals surface area contributed by atoms with Crippen LogP contribution in [0.1, 0.15) is 32.6 Å². The largest absolute Gasteiger partial charge is 0.480 e. The van der Waals surface area contributed by atoms with E-state index in [-0.39, 0.29) is 6.54 Å². The van der Waals surface area contributed by atoms with Crippen molar-refractivity contribution in [3.63, 3.8) is 0 Å². The van der Waals surface area contributed by atoms with E-state index in [9.17, 15) is 14.4 Å². The predicted octanol–water partition coefficient (Wildman–Crippen LogP) is 0.161. The molecule has 0 aromatic rings. The van der Waals surface area contributed by atoms with Gasteiger partial charge in [-0.05, 0) is 25.8 Å². The molecule has 0 aromatic heterocycles. The van der Waals surface area contributed by atoms with Gasteiger partial charge in [-0.2, -0.15) is 0 Å². The van der Waals surface area contributed by atoms with Crippen LogP contribution >= 0.6 is 0 Å². The molecule has 1 unspecified atom stereocenters. The van der Waals surface area contributed by atoms with Gasteiger partial charge in [0, 0.05) is 6.54 Å². The molecule has 7 nitrogen and oxygen atoms in total. The number of carboxylic acid groups (broad SMARTS) is 1. The van der Waals surface area contributed by atoms with E-state index in [4.69, 9.17) is 5.11 Å². The highest BCUT2D eigenvalue weighted by Crippen LogP contribution is 2.16. The van der Waals surface area contributed by atoms with E-state index in [1.54, 1.807) is 4.90 Å². The second-order valence-electron chi connectivity index (χ2n) is 4.62. The molecule has 1 aliphatic rings. The SMILES string of the molecule is CCCCNC(=O)NC(=O)CN1CCCC1C(=O)O. The molecule has 1 rings (SSSR count). The first-order valence-electron chi connectivity index (χ1n) is 6.59. The fraction of sp³-hybridized carbons (Fsp3) is 0.750. The molecule has 19 heavy (non-hydrogen) atoms. The summed E-state index contributed by atoms with van der Waals surface area (Å²) in [4.78, 5) is 35.5. The maximum Gasteiger partial charge on any atom is 0.321 e. The number of nitrogens with one attached hydrogen (secondary N) is 2. The zero-order valence-corrected chi connectivity index (χ0v) is 11.1. The van der Waals surface area contributed by atoms with Crippen molar-refractivity contribution in [2.24, 2.45) is 0 Å². The van der Waals surface area contributed by atoms with E-state index in [1.165, 1.54) is 0 Å². The molecule has 0 bridgehead atoms. The van der Waals surface area contributed by atoms with Crippen molar-refractivity contribution >= 4 is 17.9 Å². The Labute approximate surface area is 112 Å². The highest BCUT2D eigenvalue weighted by molar-refractivity contribution is 5.95. The van der Waals surface area contributed by atoms with Crippen molar-refractivity contribution < 1.29 is 19.5 Å². The Kier molecular flexibility index (Phi) is 6.27. The van der Waals surface area contributed by atoms with E-state index in [0.717, 1.165) is 19.3 Å². The Bertz CT molecular complexity index is 346. The van der Waals surface area contributed by atoms with Gasteiger partial charge >= 0.3 is 12.0 Å². The molecule has 0 radical (unpaired) electrons. The number of hydrogen-bond donors (Lipinski definition) is 3. The first-order chi connectivity index (χ1) is 9.04. The second-order valence-corrected chi connectivity index (χ2v) is 4.62. The van der Waals surface area contributed by atoms with Crippen LogP contribution in [0.15, 0.2) is 0 Å². The number of unbranched alkanes of at least 4 members (excludes halogenated alkanes) is 1. The molecule has 108 valence electrons. The van der Waals surface area contributed by atoms with Crippen LogP contribution < -0.4 is 10.6 Å². The Morgan fingerprint density at radius 3 is 2.74 bits per heavy atom. The summed E-state index contributed by atoms with van der Waals surface area (Å²) >= 11 is 0. The fourth-order valence-corrected chi connectivity index (χ4v) is 2.07. The van der Waals surface area contributed by atoms with Crippen molar-refractivity contribution in [3.8, 4) is 0 Å². The molecule has 0 saturated carbocycles. The standard InChI is InChI=1S/C12H21N3O4/c1-2-3-6-13-12(19)14-10(16)8-15-7-4-5-9(15)11(17)18/h9H,2-8H2,1H3,(H,17,18)(H2,13,14,16,19). The zero-order chi connectivity index (χ0) is 14.3. The van der Waals surface area contributed by atoms with Gasteiger partial charge < -0.3 is 10.4 Å². The van der Waals surface area contributed by atoms with Crippen LogP contribution in [0, 0.1) is 0 Å². The van der Waals surface area contributed by atoms with Gasteiger partial charge in [0.1, 0.15) is 6.04 Å². The Hall–Kier alpha value is -1.63. The average Bonchev–Trinajstić information content (AvgIpc) is 2.77. The quantitative estimate of drug-likeness (QED) is 0.598. The number of nitrogens with zero attached hydrogens (tertiary/aromatic N) is 1. The highest BCUT2D eigenvalue weighted by Gasteiger charge is 2.31. The summed E-state index contributed by atoms with van der Waals surface area (Å²) in [5.74, 6) is -1.39. The topological polar surface area (TPSA) is 98.7 Å². The van der Waals surface area contributed by atoms with Crippen LogP contribution in [0.25, 0.3) is 0 Å². The van der Waals surface area contributed by atoms with Crippen molar-refractivity contribution in [3.05, 3.63) is 0 Å². The Morgan fingerprint density at radius 1 is 1.37 bits per heavy atom. The monoisotopic (exact) mass is 271 g/mol. The van der Waals surface area contributed by atoms with Crippen LogP contribution in [-0.4, -0.2) is 53.6 Å². The number of hydrogen-bond acceptors (Lipinski definition) is 4. The van der Waals surface area contributed by atoms with Gasteiger partial charge in [0.15, 0.2) is 0 Å². The van der Waals surface area contributed by atoms with Crippen molar-refractivity contribution in [2.75, 3.05) is 19.6 Å². The molecule has 1 saturated heterocycles. The van der Waals surface area contributed by atoms with E-state index in [0.29, 0.717) is 19.5 Å². The molecule has 7 heteroatoms. The van der Waals surface area contributed by atoms with Gasteiger partial charge in [-0.25, -0.2) is 4.79 Å². The molecule has 1 heterocycles. The Balaban J connectivity index is 2.30. The van der Waals surface area contributed by atoms with Crippen molar-refractivity contribution in [1.82, 2.24) is 15.5 Å². The highest BCUT2D eigenvalue weighted by atomic mass is 16.4. The number of imide groups is 1. The van der Waals surface area contributed by atoms with Crippen molar-refractivity contribution in [1.29, 1.82) is 0 Å². The van der Waals surface area contributed by atoms with Gasteiger partial charge in [0.05, 0.1) is 6.54 Å². The summed E-state index contributed by atoms with van der Waals surface area (Å²) < 4.78 is 0. The minimum Gasteiger partial charge on any atom is -0.480 e. The third-order valence-corrected chi connectivity index (χ3v) is 3.06. The van der Waals surface area contributed by atoms with Gasteiger partial charge in [-0.3, -0.25) is 19.8 Å². The molecule has 3 amide bonds. The molecular formula is C12H21N3O4. The van der Waals surface area contributed by atoms with Crippen LogP contribution in [0.3, 0.4) is 0 Å². The van der Waals surface area contributed by atoms with Gasteiger partial charge in [0.2, 0.25) is 5.91 Å². The van der Waals surface area contributed by atoms with Crippen LogP contribution in [-0.2, 0) is 9.59 Å². The lowest BCUT2D eigenvalue weighted by Crippen LogP contribution is -2.47. The summed E-state index contributed by atoms with van der Waals surface area (Å²) in [5.41, 5.74) is 0. The number of carbonyl (C=O) groups is 3. The van der Waals surface area contributed by atoms with Gasteiger partial charge in [-0.15, -0.1) is 0 Å². The lowest BCUT2D eigenvalue weighted by atomic mass is 10.2. The minimum atomic E-state index is -0.919. The lowest BCUT2D eigenvalue weighted by molar-refractivity contribution is -0.142. The summed E-state index contributed by atoms with van der Waals surface area (Å²) in [6.45, 7) is 3.04. The molecule has 3 N–H and O–H groups in total. The summed E-state index contributed by atoms with van der Waals surface area (Å²) in [6.07, 6.45) is 3.12. The number of aliphatic carboxylic acids is 1. The van der Waals surface area contributed by atoms with Crippen molar-refractivity contribution in [2.45, 2.75) is 38.6 Å². The molecule has 0 aromatic carbocycles. The Morgan fingerprint density at radius 2 is 2.11 bits per heavy atom. The number of urea groups is 1. The van der Waals surface area contributed by atoms with Crippen LogP contribution in [0.2, 0.25) is 0 Å². The maximum atomic E-state index is 11.6. The van der Waals surface area contributed by atoms with Gasteiger partial charge in [0.25, 0.3) is 0 Å². The summed E-state index contributed by atoms with van der Waals surface area (Å²) in [7, 11) is 0. The number of carboxylic acids is 1. The zero-order valence-electron chi connectivity index (χ0n) is 11.1. The smallest absolute Gasteiger partial charge is 0.321 e. The third kappa shape index (κ3) is 5.25. The first-order valence-corrected chi connectivity index (χ1v) is 6.59. The number of rotatable bonds is 6. The second kappa shape index (κ2) is 7.73. The van der Waals surface area contributed by atoms with Gasteiger partial charge in [-0.1, -0.05) is 13.3 Å². The first kappa shape index (κ1) is 15.4. The third-order valence-electron chi connectivity index (χ3n) is 3.06.